The number of fused-ring (bicyclic) bond motifs is 1. The lowest BCUT2D eigenvalue weighted by Gasteiger charge is -2.26. The number of carbonyl (C=O) groups excluding carboxylic acids is 1. The number of alkyl halides is 3. The SMILES string of the molecule is COc1ccc(C2Cc3c(cccc3C(F)(F)F)N(c3ccccc3[N+](=O)[O-])C(=O)C2C)cc1. The summed E-state index contributed by atoms with van der Waals surface area (Å²) < 4.78 is 47.3. The monoisotopic (exact) mass is 470 g/mol. The van der Waals surface area contributed by atoms with Crippen LogP contribution in [0, 0.1) is 16.0 Å². The van der Waals surface area contributed by atoms with Crippen LogP contribution in [0.2, 0.25) is 0 Å². The molecule has 176 valence electrons. The Morgan fingerprint density at radius 1 is 1.00 bits per heavy atom. The Morgan fingerprint density at radius 2 is 1.65 bits per heavy atom. The summed E-state index contributed by atoms with van der Waals surface area (Å²) in [6.45, 7) is 1.64. The van der Waals surface area contributed by atoms with Crippen molar-refractivity contribution in [2.24, 2.45) is 5.92 Å². The number of methoxy groups -OCH3 is 1. The fourth-order valence-electron chi connectivity index (χ4n) is 4.47. The van der Waals surface area contributed by atoms with E-state index >= 15 is 0 Å². The smallest absolute Gasteiger partial charge is 0.416 e. The predicted molar refractivity (Wildman–Crippen MR) is 120 cm³/mol. The van der Waals surface area contributed by atoms with E-state index in [9.17, 15) is 28.1 Å². The third-order valence-electron chi connectivity index (χ3n) is 6.20. The number of anilines is 2. The third-order valence-corrected chi connectivity index (χ3v) is 6.20. The van der Waals surface area contributed by atoms with Gasteiger partial charge in [0, 0.05) is 12.0 Å². The summed E-state index contributed by atoms with van der Waals surface area (Å²) in [6.07, 6.45) is -4.73. The average Bonchev–Trinajstić information content (AvgIpc) is 2.92. The van der Waals surface area contributed by atoms with Gasteiger partial charge in [0.05, 0.1) is 23.3 Å². The molecule has 0 fully saturated rings. The highest BCUT2D eigenvalue weighted by atomic mass is 19.4. The van der Waals surface area contributed by atoms with Crippen LogP contribution in [0.3, 0.4) is 0 Å². The summed E-state index contributed by atoms with van der Waals surface area (Å²) >= 11 is 0. The van der Waals surface area contributed by atoms with Crippen molar-refractivity contribution in [3.8, 4) is 5.75 Å². The molecular weight excluding hydrogens is 449 g/mol. The zero-order chi connectivity index (χ0) is 24.6. The van der Waals surface area contributed by atoms with Crippen LogP contribution in [-0.2, 0) is 17.4 Å². The Bertz CT molecular complexity index is 1240. The van der Waals surface area contributed by atoms with Crippen LogP contribution in [0.5, 0.6) is 5.75 Å². The molecule has 1 amide bonds. The largest absolute Gasteiger partial charge is 0.497 e. The average molecular weight is 470 g/mol. The van der Waals surface area contributed by atoms with Gasteiger partial charge < -0.3 is 4.74 Å². The van der Waals surface area contributed by atoms with E-state index in [4.69, 9.17) is 4.74 Å². The van der Waals surface area contributed by atoms with E-state index in [1.54, 1.807) is 31.2 Å². The molecule has 2 unspecified atom stereocenters. The predicted octanol–water partition coefficient (Wildman–Crippen LogP) is 6.26. The van der Waals surface area contributed by atoms with Gasteiger partial charge in [-0.15, -0.1) is 0 Å². The van der Waals surface area contributed by atoms with Gasteiger partial charge in [-0.05, 0) is 53.8 Å². The lowest BCUT2D eigenvalue weighted by Crippen LogP contribution is -2.33. The van der Waals surface area contributed by atoms with Crippen LogP contribution in [0.15, 0.2) is 66.7 Å². The Morgan fingerprint density at radius 3 is 2.26 bits per heavy atom. The zero-order valence-electron chi connectivity index (χ0n) is 18.4. The van der Waals surface area contributed by atoms with Crippen molar-refractivity contribution in [1.29, 1.82) is 0 Å². The molecule has 0 radical (unpaired) electrons. The minimum Gasteiger partial charge on any atom is -0.497 e. The maximum absolute atomic E-state index is 14.0. The van der Waals surface area contributed by atoms with E-state index in [2.05, 4.69) is 0 Å². The lowest BCUT2D eigenvalue weighted by atomic mass is 9.82. The highest BCUT2D eigenvalue weighted by Crippen LogP contribution is 2.47. The molecule has 6 nitrogen and oxygen atoms in total. The van der Waals surface area contributed by atoms with Crippen molar-refractivity contribution in [1.82, 2.24) is 0 Å². The molecular formula is C25H21F3N2O4. The van der Waals surface area contributed by atoms with Gasteiger partial charge >= 0.3 is 6.18 Å². The highest BCUT2D eigenvalue weighted by molar-refractivity contribution is 6.05. The molecule has 1 aliphatic rings. The number of hydrogen-bond acceptors (Lipinski definition) is 4. The zero-order valence-corrected chi connectivity index (χ0v) is 18.4. The Hall–Kier alpha value is -3.88. The van der Waals surface area contributed by atoms with Gasteiger partial charge in [0.2, 0.25) is 5.91 Å². The molecule has 1 heterocycles. The Labute approximate surface area is 193 Å². The van der Waals surface area contributed by atoms with Gasteiger partial charge in [0.1, 0.15) is 11.4 Å². The first kappa shape index (κ1) is 23.3. The van der Waals surface area contributed by atoms with Gasteiger partial charge in [-0.1, -0.05) is 37.3 Å². The standard InChI is InChI=1S/C25H21F3N2O4/c1-15-18(16-10-12-17(34-2)13-11-16)14-19-20(25(26,27)28)6-5-9-21(19)29(24(15)31)22-7-3-4-8-23(22)30(32)33/h3-13,15,18H,14H2,1-2H3. The summed E-state index contributed by atoms with van der Waals surface area (Å²) in [6, 6.07) is 16.0. The number of hydrogen-bond donors (Lipinski definition) is 0. The molecule has 0 N–H and O–H groups in total. The van der Waals surface area contributed by atoms with Crippen molar-refractivity contribution in [3.05, 3.63) is 93.5 Å². The van der Waals surface area contributed by atoms with Crippen molar-refractivity contribution in [3.63, 3.8) is 0 Å². The number of benzene rings is 3. The molecule has 9 heteroatoms. The maximum Gasteiger partial charge on any atom is 0.416 e. The van der Waals surface area contributed by atoms with Crippen molar-refractivity contribution < 1.29 is 27.6 Å². The van der Waals surface area contributed by atoms with Crippen molar-refractivity contribution in [2.75, 3.05) is 12.0 Å². The quantitative estimate of drug-likeness (QED) is 0.333. The molecule has 0 spiro atoms. The number of nitro benzene ring substituents is 1. The van der Waals surface area contributed by atoms with Gasteiger partial charge in [0.15, 0.2) is 0 Å². The molecule has 3 aromatic carbocycles. The number of carbonyl (C=O) groups is 1. The second-order valence-corrected chi connectivity index (χ2v) is 8.09. The van der Waals surface area contributed by atoms with E-state index in [1.165, 1.54) is 43.5 Å². The van der Waals surface area contributed by atoms with Gasteiger partial charge in [-0.25, -0.2) is 0 Å². The molecule has 0 aromatic heterocycles. The molecule has 1 aliphatic heterocycles. The number of amides is 1. The highest BCUT2D eigenvalue weighted by Gasteiger charge is 2.42. The summed E-state index contributed by atoms with van der Waals surface area (Å²) in [5, 5.41) is 11.7. The molecule has 3 aromatic rings. The maximum atomic E-state index is 14.0. The van der Waals surface area contributed by atoms with E-state index in [0.717, 1.165) is 11.0 Å². The Balaban J connectivity index is 1.97. The topological polar surface area (TPSA) is 72.7 Å². The summed E-state index contributed by atoms with van der Waals surface area (Å²) in [4.78, 5) is 25.9. The molecule has 34 heavy (non-hydrogen) atoms. The van der Waals surface area contributed by atoms with Crippen LogP contribution >= 0.6 is 0 Å². The number of rotatable bonds is 4. The lowest BCUT2D eigenvalue weighted by molar-refractivity contribution is -0.384. The third kappa shape index (κ3) is 4.09. The van der Waals surface area contributed by atoms with Gasteiger partial charge in [-0.3, -0.25) is 19.8 Å². The van der Waals surface area contributed by atoms with Crippen LogP contribution in [-0.4, -0.2) is 17.9 Å². The molecule has 0 aliphatic carbocycles. The number of para-hydroxylation sites is 2. The summed E-state index contributed by atoms with van der Waals surface area (Å²) in [7, 11) is 1.50. The summed E-state index contributed by atoms with van der Waals surface area (Å²) in [5.41, 5.74) is -0.707. The van der Waals surface area contributed by atoms with Crippen molar-refractivity contribution in [2.45, 2.75) is 25.4 Å². The van der Waals surface area contributed by atoms with Crippen LogP contribution in [0.4, 0.5) is 30.2 Å². The molecule has 0 saturated carbocycles. The first-order chi connectivity index (χ1) is 16.1. The Kier molecular flexibility index (Phi) is 6.03. The number of nitrogens with zero attached hydrogens (tertiary/aromatic N) is 2. The van der Waals surface area contributed by atoms with E-state index in [0.29, 0.717) is 11.3 Å². The van der Waals surface area contributed by atoms with E-state index in [-0.39, 0.29) is 29.0 Å². The first-order valence-electron chi connectivity index (χ1n) is 10.5. The minimum atomic E-state index is -4.67. The number of ether oxygens (including phenoxy) is 1. The molecule has 2 atom stereocenters. The van der Waals surface area contributed by atoms with E-state index < -0.39 is 34.4 Å². The number of nitro groups is 1. The fraction of sp³-hybridized carbons (Fsp3) is 0.240. The first-order valence-corrected chi connectivity index (χ1v) is 10.5. The number of halogens is 3. The van der Waals surface area contributed by atoms with Crippen molar-refractivity contribution >= 4 is 23.0 Å². The molecule has 4 rings (SSSR count). The van der Waals surface area contributed by atoms with Gasteiger partial charge in [-0.2, -0.15) is 13.2 Å². The summed E-state index contributed by atoms with van der Waals surface area (Å²) in [5.74, 6) is -1.29. The second-order valence-electron chi connectivity index (χ2n) is 8.09. The normalized spacial score (nSPS) is 18.3. The molecule has 0 saturated heterocycles. The van der Waals surface area contributed by atoms with Crippen LogP contribution in [0.1, 0.15) is 29.5 Å². The second kappa shape index (κ2) is 8.81. The van der Waals surface area contributed by atoms with E-state index in [1.807, 2.05) is 0 Å². The minimum absolute atomic E-state index is 0.00279. The van der Waals surface area contributed by atoms with Crippen LogP contribution in [0.25, 0.3) is 0 Å². The fourth-order valence-corrected chi connectivity index (χ4v) is 4.47. The van der Waals surface area contributed by atoms with Gasteiger partial charge in [0.25, 0.3) is 5.69 Å². The molecule has 0 bridgehead atoms. The van der Waals surface area contributed by atoms with Crippen LogP contribution < -0.4 is 9.64 Å².